The molecule has 0 aromatic carbocycles. The van der Waals surface area contributed by atoms with Crippen LogP contribution in [0.4, 0.5) is 4.79 Å². The molecule has 0 radical (unpaired) electrons. The van der Waals surface area contributed by atoms with E-state index in [-0.39, 0.29) is 41.5 Å². The molecular weight excluding hydrogens is 432 g/mol. The molecule has 5 rings (SSSR count). The van der Waals surface area contributed by atoms with Gasteiger partial charge in [0.1, 0.15) is 23.4 Å². The maximum absolute atomic E-state index is 13.0. The van der Waals surface area contributed by atoms with Crippen molar-refractivity contribution in [2.24, 2.45) is 11.8 Å². The average Bonchev–Trinajstić information content (AvgIpc) is 3.68. The van der Waals surface area contributed by atoms with Crippen LogP contribution in [0.3, 0.4) is 0 Å². The zero-order valence-electron chi connectivity index (χ0n) is 21.1. The molecule has 0 N–H and O–H groups in total. The first-order valence-electron chi connectivity index (χ1n) is 12.6. The molecule has 1 aromatic rings. The van der Waals surface area contributed by atoms with E-state index >= 15 is 0 Å². The number of ether oxygens (including phenoxy) is 4. The van der Waals surface area contributed by atoms with E-state index < -0.39 is 0 Å². The number of epoxide rings is 2. The monoisotopic (exact) mass is 470 g/mol. The molecule has 4 unspecified atom stereocenters. The van der Waals surface area contributed by atoms with Gasteiger partial charge in [0.25, 0.3) is 0 Å². The van der Waals surface area contributed by atoms with Gasteiger partial charge in [-0.05, 0) is 70.9 Å². The Balaban J connectivity index is 1.19. The quantitative estimate of drug-likeness (QED) is 0.442. The number of allylic oxidation sites excluding steroid dienone is 1. The van der Waals surface area contributed by atoms with E-state index in [0.29, 0.717) is 5.92 Å². The Kier molecular flexibility index (Phi) is 6.23. The summed E-state index contributed by atoms with van der Waals surface area (Å²) in [4.78, 5) is 19.1. The van der Waals surface area contributed by atoms with E-state index in [1.54, 1.807) is 12.0 Å². The van der Waals surface area contributed by atoms with Crippen molar-refractivity contribution >= 4 is 6.09 Å². The van der Waals surface area contributed by atoms with Crippen molar-refractivity contribution in [1.82, 2.24) is 9.88 Å². The van der Waals surface area contributed by atoms with Crippen molar-refractivity contribution in [2.45, 2.75) is 82.9 Å². The Morgan fingerprint density at radius 1 is 1.32 bits per heavy atom. The van der Waals surface area contributed by atoms with Gasteiger partial charge >= 0.3 is 6.09 Å². The molecule has 1 saturated carbocycles. The van der Waals surface area contributed by atoms with Gasteiger partial charge in [0.05, 0.1) is 18.6 Å². The van der Waals surface area contributed by atoms with Crippen molar-refractivity contribution in [3.63, 3.8) is 0 Å². The third-order valence-corrected chi connectivity index (χ3v) is 8.20. The van der Waals surface area contributed by atoms with Gasteiger partial charge in [-0.3, -0.25) is 4.98 Å². The number of amides is 1. The number of likely N-dealkylation sites (tertiary alicyclic amines) is 1. The molecule has 4 aliphatic rings. The molecule has 3 saturated heterocycles. The standard InChI is InChI=1S/C27H38N2O5/c1-17(2)6-9-22-26(4,34-22)24-23(31-5)21(10-11-27(24)16-32-27)33-25(30)29-14-20(15-29)12-19-8-7-18(3)28-13-19/h6-8,13,20-24H,9-12,14-16H2,1-5H3/t21?,22-,23?,24?,26+,27?/m1/s1. The van der Waals surface area contributed by atoms with Crippen LogP contribution in [0, 0.1) is 18.8 Å². The summed E-state index contributed by atoms with van der Waals surface area (Å²) in [5, 5.41) is 0. The second-order valence-electron chi connectivity index (χ2n) is 11.1. The minimum atomic E-state index is -0.321. The fourth-order valence-electron chi connectivity index (χ4n) is 6.07. The van der Waals surface area contributed by atoms with Crippen LogP contribution in [0.2, 0.25) is 0 Å². The van der Waals surface area contributed by atoms with Gasteiger partial charge in [-0.2, -0.15) is 0 Å². The third kappa shape index (κ3) is 4.50. The maximum atomic E-state index is 13.0. The van der Waals surface area contributed by atoms with Gasteiger partial charge < -0.3 is 23.8 Å². The Morgan fingerprint density at radius 2 is 2.09 bits per heavy atom. The zero-order chi connectivity index (χ0) is 24.1. The van der Waals surface area contributed by atoms with Crippen LogP contribution in [0.25, 0.3) is 0 Å². The molecule has 34 heavy (non-hydrogen) atoms. The van der Waals surface area contributed by atoms with Gasteiger partial charge in [0.15, 0.2) is 0 Å². The predicted molar refractivity (Wildman–Crippen MR) is 128 cm³/mol. The molecule has 0 bridgehead atoms. The van der Waals surface area contributed by atoms with Crippen molar-refractivity contribution < 1.29 is 23.7 Å². The smallest absolute Gasteiger partial charge is 0.410 e. The first-order chi connectivity index (χ1) is 16.2. The van der Waals surface area contributed by atoms with Crippen LogP contribution in [-0.4, -0.2) is 72.3 Å². The highest BCUT2D eigenvalue weighted by atomic mass is 16.6. The average molecular weight is 471 g/mol. The van der Waals surface area contributed by atoms with Crippen molar-refractivity contribution in [2.75, 3.05) is 26.8 Å². The molecule has 186 valence electrons. The van der Waals surface area contributed by atoms with E-state index in [4.69, 9.17) is 18.9 Å². The molecule has 7 nitrogen and oxygen atoms in total. The first-order valence-corrected chi connectivity index (χ1v) is 12.6. The van der Waals surface area contributed by atoms with Crippen molar-refractivity contribution in [3.05, 3.63) is 41.2 Å². The number of methoxy groups -OCH3 is 1. The summed E-state index contributed by atoms with van der Waals surface area (Å²) in [7, 11) is 1.71. The minimum absolute atomic E-state index is 0.0466. The highest BCUT2D eigenvalue weighted by Crippen LogP contribution is 2.59. The summed E-state index contributed by atoms with van der Waals surface area (Å²) in [6, 6.07) is 4.16. The predicted octanol–water partition coefficient (Wildman–Crippen LogP) is 4.08. The number of aromatic nitrogens is 1. The third-order valence-electron chi connectivity index (χ3n) is 8.20. The molecule has 1 spiro atoms. The molecule has 4 fully saturated rings. The second kappa shape index (κ2) is 8.92. The van der Waals surface area contributed by atoms with E-state index in [2.05, 4.69) is 37.9 Å². The van der Waals surface area contributed by atoms with E-state index in [9.17, 15) is 4.79 Å². The van der Waals surface area contributed by atoms with E-state index in [1.807, 2.05) is 19.2 Å². The summed E-state index contributed by atoms with van der Waals surface area (Å²) in [5.41, 5.74) is 3.00. The molecule has 4 heterocycles. The Labute approximate surface area is 202 Å². The van der Waals surface area contributed by atoms with Gasteiger partial charge in [0, 0.05) is 32.1 Å². The fourth-order valence-corrected chi connectivity index (χ4v) is 6.07. The summed E-state index contributed by atoms with van der Waals surface area (Å²) >= 11 is 0. The Hall–Kier alpha value is -1.96. The number of carbonyl (C=O) groups excluding carboxylic acids is 1. The largest absolute Gasteiger partial charge is 0.443 e. The minimum Gasteiger partial charge on any atom is -0.443 e. The lowest BCUT2D eigenvalue weighted by molar-refractivity contribution is -0.124. The lowest BCUT2D eigenvalue weighted by Gasteiger charge is -2.44. The molecule has 1 aromatic heterocycles. The van der Waals surface area contributed by atoms with E-state index in [1.165, 1.54) is 11.1 Å². The number of pyridine rings is 1. The molecular formula is C27H38N2O5. The zero-order valence-corrected chi connectivity index (χ0v) is 21.1. The van der Waals surface area contributed by atoms with Crippen LogP contribution >= 0.6 is 0 Å². The number of carbonyl (C=O) groups is 1. The first kappa shape index (κ1) is 23.8. The summed E-state index contributed by atoms with van der Waals surface area (Å²) in [6.45, 7) is 10.5. The van der Waals surface area contributed by atoms with Crippen molar-refractivity contribution in [3.8, 4) is 0 Å². The summed E-state index contributed by atoms with van der Waals surface area (Å²) in [6.07, 6.45) is 6.99. The van der Waals surface area contributed by atoms with Crippen LogP contribution in [0.1, 0.15) is 51.3 Å². The van der Waals surface area contributed by atoms with Gasteiger partial charge in [0.2, 0.25) is 0 Å². The maximum Gasteiger partial charge on any atom is 0.410 e. The van der Waals surface area contributed by atoms with Gasteiger partial charge in [-0.1, -0.05) is 17.7 Å². The highest BCUT2D eigenvalue weighted by molar-refractivity contribution is 5.69. The Bertz CT molecular complexity index is 933. The molecule has 3 aliphatic heterocycles. The highest BCUT2D eigenvalue weighted by Gasteiger charge is 2.72. The summed E-state index contributed by atoms with van der Waals surface area (Å²) < 4.78 is 24.3. The second-order valence-corrected chi connectivity index (χ2v) is 11.1. The van der Waals surface area contributed by atoms with Crippen LogP contribution < -0.4 is 0 Å². The van der Waals surface area contributed by atoms with Gasteiger partial charge in [-0.15, -0.1) is 0 Å². The van der Waals surface area contributed by atoms with Crippen LogP contribution in [0.5, 0.6) is 0 Å². The molecule has 6 atom stereocenters. The SMILES string of the molecule is COC1C(OC(=O)N2CC(Cc3ccc(C)nc3)C2)CCC2(CO2)C1[C@@]1(C)O[C@@H]1CC=C(C)C. The number of rotatable bonds is 7. The topological polar surface area (TPSA) is 76.7 Å². The molecule has 1 amide bonds. The molecule has 7 heteroatoms. The van der Waals surface area contributed by atoms with Crippen molar-refractivity contribution in [1.29, 1.82) is 0 Å². The lowest BCUT2D eigenvalue weighted by atomic mass is 9.68. The number of aryl methyl sites for hydroxylation is 1. The normalized spacial score (nSPS) is 36.7. The lowest BCUT2D eigenvalue weighted by Crippen LogP contribution is -2.57. The number of nitrogens with zero attached hydrogens (tertiary/aromatic N) is 2. The molecule has 1 aliphatic carbocycles. The number of hydrogen-bond acceptors (Lipinski definition) is 6. The van der Waals surface area contributed by atoms with Crippen LogP contribution in [-0.2, 0) is 25.4 Å². The number of hydrogen-bond donors (Lipinski definition) is 0. The van der Waals surface area contributed by atoms with Gasteiger partial charge in [-0.25, -0.2) is 4.79 Å². The summed E-state index contributed by atoms with van der Waals surface area (Å²) in [5.74, 6) is 0.498. The Morgan fingerprint density at radius 3 is 2.71 bits per heavy atom. The van der Waals surface area contributed by atoms with Crippen LogP contribution in [0.15, 0.2) is 30.0 Å². The fraction of sp³-hybridized carbons (Fsp3) is 0.704. The van der Waals surface area contributed by atoms with E-state index in [0.717, 1.165) is 51.1 Å².